The fourth-order valence-corrected chi connectivity index (χ4v) is 13.2. The molecule has 6 aromatic carbocycles. The topological polar surface area (TPSA) is 447 Å². The summed E-state index contributed by atoms with van der Waals surface area (Å²) in [6.45, 7) is -3.33. The Morgan fingerprint density at radius 1 is 0.381 bits per heavy atom. The van der Waals surface area contributed by atoms with Crippen LogP contribution in [0.1, 0.15) is 33.4 Å². The van der Waals surface area contributed by atoms with Crippen molar-refractivity contribution in [2.45, 2.75) is 193 Å². The summed E-state index contributed by atoms with van der Waals surface area (Å²) in [5, 5.41) is 88.8. The molecule has 6 aromatic rings. The molecule has 5 aliphatic heterocycles. The van der Waals surface area contributed by atoms with Gasteiger partial charge in [0.25, 0.3) is 0 Å². The van der Waals surface area contributed by atoms with Gasteiger partial charge in [0.15, 0.2) is 43.7 Å². The number of nitrogens with two attached hydrogens (primary N) is 1. The second-order valence-electron chi connectivity index (χ2n) is 25.4. The molecular formula is C73H85N7O25. The number of benzene rings is 6. The molecule has 0 radical (unpaired) electrons. The summed E-state index contributed by atoms with van der Waals surface area (Å²) in [4.78, 5) is 33.9. The van der Waals surface area contributed by atoms with Gasteiger partial charge < -0.3 is 117 Å². The maximum absolute atomic E-state index is 14.0. The number of ether oxygens (including phenoxy) is 16. The summed E-state index contributed by atoms with van der Waals surface area (Å²) >= 11 is 0. The van der Waals surface area contributed by atoms with E-state index in [1.165, 1.54) is 7.11 Å². The molecule has 5 saturated heterocycles. The number of aliphatic carboxylic acids is 2. The van der Waals surface area contributed by atoms with Crippen LogP contribution in [-0.4, -0.2) is 228 Å². The Hall–Kier alpha value is -8.00. The summed E-state index contributed by atoms with van der Waals surface area (Å²) in [6, 6.07) is 48.7. The first-order valence-corrected chi connectivity index (χ1v) is 34.1. The van der Waals surface area contributed by atoms with Crippen molar-refractivity contribution in [2.75, 3.05) is 26.9 Å². The van der Waals surface area contributed by atoms with Crippen LogP contribution in [-0.2, 0) is 125 Å². The molecule has 105 heavy (non-hydrogen) atoms. The third-order valence-corrected chi connectivity index (χ3v) is 18.5. The van der Waals surface area contributed by atoms with Crippen molar-refractivity contribution in [3.8, 4) is 0 Å². The van der Waals surface area contributed by atoms with E-state index in [9.17, 15) is 56.4 Å². The number of carbonyl (C=O) groups is 2. The predicted molar refractivity (Wildman–Crippen MR) is 362 cm³/mol. The van der Waals surface area contributed by atoms with Crippen LogP contribution in [0.2, 0.25) is 0 Å². The van der Waals surface area contributed by atoms with Gasteiger partial charge in [0.1, 0.15) is 104 Å². The monoisotopic (exact) mass is 1460 g/mol. The van der Waals surface area contributed by atoms with Crippen LogP contribution < -0.4 is 5.73 Å². The van der Waals surface area contributed by atoms with Gasteiger partial charge in [0.2, 0.25) is 0 Å². The van der Waals surface area contributed by atoms with Gasteiger partial charge in [-0.2, -0.15) is 0 Å². The molecule has 11 rings (SSSR count). The van der Waals surface area contributed by atoms with Crippen molar-refractivity contribution in [1.82, 2.24) is 0 Å². The number of methoxy groups -OCH3 is 1. The van der Waals surface area contributed by atoms with Crippen LogP contribution in [0.5, 0.6) is 0 Å². The van der Waals surface area contributed by atoms with Gasteiger partial charge in [-0.15, -0.1) is 0 Å². The molecule has 562 valence electrons. The maximum Gasteiger partial charge on any atom is 0.335 e. The smallest absolute Gasteiger partial charge is 0.335 e. The number of nitrogens with zero attached hydrogens (tertiary/aromatic N) is 6. The Labute approximate surface area is 602 Å². The van der Waals surface area contributed by atoms with Crippen molar-refractivity contribution >= 4 is 11.9 Å². The van der Waals surface area contributed by atoms with Crippen molar-refractivity contribution in [1.29, 1.82) is 0 Å². The second kappa shape index (κ2) is 38.5. The average Bonchev–Trinajstić information content (AvgIpc) is 0.764. The minimum Gasteiger partial charge on any atom is -0.479 e. The minimum absolute atomic E-state index is 0.00140. The zero-order valence-corrected chi connectivity index (χ0v) is 56.9. The summed E-state index contributed by atoms with van der Waals surface area (Å²) in [6.07, 6.45) is -37.0. The number of azide groups is 2. The second-order valence-corrected chi connectivity index (χ2v) is 25.4. The normalized spacial score (nSPS) is 33.3. The molecule has 32 nitrogen and oxygen atoms in total. The standard InChI is InChI=1S/C73H85N7O25/c1-90-70-51(77-79-75)59(93-37-43-24-12-4-13-25-43)57(49(34-83)98-70)101-72-54(85)60(94-38-44-26-14-5-15-27-44)62(64(104-72)67(86)87)102-69-50(74)53(84)55(47(32-81)97-69)100-73-66(96-40-46-30-18-7-19-31-46)61(95-39-45-28-16-6-17-29-45)63(65(105-73)68(88)89)103-71-52(78-80-76)58(92-36-42-22-10-3-11-23-42)56(48(33-82)99-71)91-35-41-20-8-2-9-21-41/h2-31,47-66,69-73,81-85H,32-40,74H2,1H3,(H,86,87)(H,88,89)/t47?,48?,49?,50-,51-,52?,53?,54?,55+,56+,57+,58-,59?,60+,61+,62-,63-,64?,65?,66?,69+,70-,71+,72-,73-/m1/s1. The van der Waals surface area contributed by atoms with Gasteiger partial charge in [-0.25, -0.2) is 9.59 Å². The lowest BCUT2D eigenvalue weighted by molar-refractivity contribution is -0.382. The average molecular weight is 1460 g/mol. The Morgan fingerprint density at radius 3 is 1.11 bits per heavy atom. The van der Waals surface area contributed by atoms with Crippen molar-refractivity contribution in [3.63, 3.8) is 0 Å². The zero-order valence-electron chi connectivity index (χ0n) is 56.9. The van der Waals surface area contributed by atoms with E-state index in [1.807, 2.05) is 48.5 Å². The minimum atomic E-state index is -2.15. The van der Waals surface area contributed by atoms with E-state index in [1.54, 1.807) is 133 Å². The number of rotatable bonds is 34. The predicted octanol–water partition coefficient (Wildman–Crippen LogP) is 4.86. The van der Waals surface area contributed by atoms with E-state index in [2.05, 4.69) is 20.1 Å². The zero-order chi connectivity index (χ0) is 73.8. The fourth-order valence-electron chi connectivity index (χ4n) is 13.2. The molecule has 32 heteroatoms. The van der Waals surface area contributed by atoms with Crippen LogP contribution in [0.4, 0.5) is 0 Å². The van der Waals surface area contributed by atoms with E-state index in [4.69, 9.17) is 81.5 Å². The van der Waals surface area contributed by atoms with E-state index in [0.717, 1.165) is 5.56 Å². The third kappa shape index (κ3) is 19.6. The number of carboxylic acids is 2. The van der Waals surface area contributed by atoms with Crippen LogP contribution in [0.15, 0.2) is 192 Å². The summed E-state index contributed by atoms with van der Waals surface area (Å²) in [7, 11) is 1.28. The highest BCUT2D eigenvalue weighted by atomic mass is 16.8. The van der Waals surface area contributed by atoms with Crippen LogP contribution >= 0.6 is 0 Å². The molecule has 25 atom stereocenters. The van der Waals surface area contributed by atoms with Crippen LogP contribution in [0.25, 0.3) is 20.9 Å². The number of carboxylic acid groups (broad SMARTS) is 2. The van der Waals surface area contributed by atoms with Crippen LogP contribution in [0.3, 0.4) is 0 Å². The number of hydrogen-bond acceptors (Lipinski definition) is 26. The Bertz CT molecular complexity index is 3720. The number of aliphatic hydroxyl groups excluding tert-OH is 5. The van der Waals surface area contributed by atoms with E-state index in [-0.39, 0.29) is 39.6 Å². The largest absolute Gasteiger partial charge is 0.479 e. The molecule has 9 N–H and O–H groups in total. The lowest BCUT2D eigenvalue weighted by Gasteiger charge is -2.51. The summed E-state index contributed by atoms with van der Waals surface area (Å²) in [5.41, 5.74) is 30.8. The first-order valence-electron chi connectivity index (χ1n) is 34.1. The highest BCUT2D eigenvalue weighted by molar-refractivity contribution is 5.74. The SMILES string of the molecule is CO[C@@H]1OC(CO)[C@H](O[C@@H]2OC(C(=O)O)[C@H](O[C@@H]3OC(CO)[C@H](O[C@@H]4OC(C(=O)O)[C@H](O[C@@H]5OC(CO)[C@H](OCc6ccccc6)[C@H](OCc6ccccc6)C5N=[N+]=[N-])[C@H](OCc5ccccc5)C4OCc4ccccc4)C(O)[C@H]3N)[C@@H](OCc3ccccc3)C2O)C(OCc2ccccc2)[C@H]1N=[N+]=[N-]. The molecular weight excluding hydrogens is 1370 g/mol. The molecule has 5 fully saturated rings. The molecule has 0 aliphatic carbocycles. The first kappa shape index (κ1) is 78.1. The molecule has 0 spiro atoms. The molecule has 5 aliphatic rings. The highest BCUT2D eigenvalue weighted by Crippen LogP contribution is 2.40. The maximum atomic E-state index is 14.0. The van der Waals surface area contributed by atoms with Crippen molar-refractivity contribution in [2.24, 2.45) is 16.0 Å². The molecule has 0 aromatic heterocycles. The van der Waals surface area contributed by atoms with Gasteiger partial charge in [0, 0.05) is 16.9 Å². The van der Waals surface area contributed by atoms with E-state index >= 15 is 0 Å². The number of hydrogen-bond donors (Lipinski definition) is 8. The van der Waals surface area contributed by atoms with Crippen LogP contribution in [0, 0.1) is 0 Å². The van der Waals surface area contributed by atoms with E-state index in [0.29, 0.717) is 27.8 Å². The lowest BCUT2D eigenvalue weighted by Crippen LogP contribution is -2.70. The lowest BCUT2D eigenvalue weighted by atomic mass is 9.94. The highest BCUT2D eigenvalue weighted by Gasteiger charge is 2.60. The van der Waals surface area contributed by atoms with Crippen molar-refractivity contribution in [3.05, 3.63) is 236 Å². The van der Waals surface area contributed by atoms with E-state index < -0.39 is 185 Å². The van der Waals surface area contributed by atoms with Gasteiger partial charge in [0.05, 0.1) is 65.5 Å². The Balaban J connectivity index is 0.894. The first-order chi connectivity index (χ1) is 51.2. The molecule has 0 amide bonds. The Morgan fingerprint density at radius 2 is 0.695 bits per heavy atom. The van der Waals surface area contributed by atoms with Gasteiger partial charge >= 0.3 is 11.9 Å². The molecule has 5 heterocycles. The van der Waals surface area contributed by atoms with Gasteiger partial charge in [-0.05, 0) is 44.4 Å². The fraction of sp³-hybridized carbons (Fsp3) is 0.479. The third-order valence-electron chi connectivity index (χ3n) is 18.5. The van der Waals surface area contributed by atoms with Gasteiger partial charge in [-0.3, -0.25) is 0 Å². The van der Waals surface area contributed by atoms with Crippen molar-refractivity contribution < 1.29 is 121 Å². The quantitative estimate of drug-likeness (QED) is 0.0152. The summed E-state index contributed by atoms with van der Waals surface area (Å²) in [5.74, 6) is -3.35. The van der Waals surface area contributed by atoms with Gasteiger partial charge in [-0.1, -0.05) is 192 Å². The summed E-state index contributed by atoms with van der Waals surface area (Å²) < 4.78 is 102. The molecule has 0 saturated carbocycles. The Kier molecular flexibility index (Phi) is 28.6. The molecule has 10 unspecified atom stereocenters. The number of aliphatic hydroxyl groups is 5. The molecule has 0 bridgehead atoms.